The van der Waals surface area contributed by atoms with E-state index < -0.39 is 12.1 Å². The van der Waals surface area contributed by atoms with E-state index >= 15 is 0 Å². The molecule has 0 aliphatic carbocycles. The first kappa shape index (κ1) is 34.5. The Morgan fingerprint density at radius 1 is 0.561 bits per heavy atom. The van der Waals surface area contributed by atoms with Crippen molar-refractivity contribution in [1.29, 1.82) is 0 Å². The van der Waals surface area contributed by atoms with Crippen LogP contribution >= 0.6 is 0 Å². The second-order valence-corrected chi connectivity index (χ2v) is 12.4. The van der Waals surface area contributed by atoms with Crippen molar-refractivity contribution in [2.45, 2.75) is 119 Å². The molecule has 0 heterocycles. The number of hydrogen-bond donors (Lipinski definition) is 0. The molecule has 3 aromatic rings. The van der Waals surface area contributed by atoms with Crippen LogP contribution in [0.5, 0.6) is 0 Å². The third-order valence-electron chi connectivity index (χ3n) is 6.92. The number of halogens is 3. The average molecular weight is 587 g/mol. The van der Waals surface area contributed by atoms with Crippen molar-refractivity contribution in [2.24, 2.45) is 0 Å². The molecule has 0 N–H and O–H groups in total. The van der Waals surface area contributed by atoms with Crippen LogP contribution in [0.4, 0.5) is 13.2 Å². The van der Waals surface area contributed by atoms with Crippen molar-refractivity contribution in [1.82, 2.24) is 0 Å². The Bertz CT molecular complexity index is 997. The van der Waals surface area contributed by atoms with Gasteiger partial charge < -0.3 is 9.90 Å². The average Bonchev–Trinajstić information content (AvgIpc) is 2.96. The van der Waals surface area contributed by atoms with Gasteiger partial charge in [0, 0.05) is 0 Å². The number of aliphatic carboxylic acids is 1. The van der Waals surface area contributed by atoms with Gasteiger partial charge in [-0.3, -0.25) is 0 Å². The zero-order valence-electron chi connectivity index (χ0n) is 24.8. The first-order chi connectivity index (χ1) is 19.7. The Morgan fingerprint density at radius 2 is 0.805 bits per heavy atom. The van der Waals surface area contributed by atoms with Gasteiger partial charge in [-0.05, 0) is 91.6 Å². The van der Waals surface area contributed by atoms with Gasteiger partial charge in [-0.1, -0.05) is 95.7 Å². The van der Waals surface area contributed by atoms with Gasteiger partial charge in [-0.2, -0.15) is 13.2 Å². The largest absolute Gasteiger partial charge is 0.542 e. The lowest BCUT2D eigenvalue weighted by atomic mass is 10.1. The van der Waals surface area contributed by atoms with Crippen molar-refractivity contribution >= 4 is 16.9 Å². The quantitative estimate of drug-likeness (QED) is 0.132. The molecule has 0 fully saturated rings. The molecule has 0 aliphatic rings. The lowest BCUT2D eigenvalue weighted by Crippen LogP contribution is -2.37. The summed E-state index contributed by atoms with van der Waals surface area (Å²) in [5.74, 6) is -3.01. The highest BCUT2D eigenvalue weighted by atomic mass is 32.2. The minimum atomic E-state index is -5.19. The van der Waals surface area contributed by atoms with Gasteiger partial charge in [0.15, 0.2) is 14.7 Å². The van der Waals surface area contributed by atoms with Gasteiger partial charge in [0.05, 0.1) is 10.9 Å². The molecule has 0 spiro atoms. The maximum absolute atomic E-state index is 10.5. The predicted octanol–water partition coefficient (Wildman–Crippen LogP) is 9.28. The van der Waals surface area contributed by atoms with E-state index in [1.807, 2.05) is 0 Å². The van der Waals surface area contributed by atoms with E-state index in [2.05, 4.69) is 93.6 Å². The number of carbonyl (C=O) groups excluding carboxylic acids is 1. The summed E-state index contributed by atoms with van der Waals surface area (Å²) in [4.78, 5) is 13.1. The van der Waals surface area contributed by atoms with Crippen molar-refractivity contribution in [3.63, 3.8) is 0 Å². The molecule has 0 bridgehead atoms. The maximum atomic E-state index is 10.5. The van der Waals surface area contributed by atoms with E-state index in [0.717, 1.165) is 0 Å². The molecule has 6 heteroatoms. The first-order valence-electron chi connectivity index (χ1n) is 15.0. The van der Waals surface area contributed by atoms with E-state index in [1.54, 1.807) is 0 Å². The summed E-state index contributed by atoms with van der Waals surface area (Å²) in [6.45, 7) is 6.83. The zero-order chi connectivity index (χ0) is 30.1. The summed E-state index contributed by atoms with van der Waals surface area (Å²) < 4.78 is 31.5. The molecule has 0 aliphatic heterocycles. The lowest BCUT2D eigenvalue weighted by molar-refractivity contribution is -0.344. The van der Waals surface area contributed by atoms with Crippen molar-refractivity contribution in [3.8, 4) is 0 Å². The molecule has 0 saturated heterocycles. The van der Waals surface area contributed by atoms with E-state index in [-0.39, 0.29) is 10.9 Å². The minimum absolute atomic E-state index is 0.0614. The summed E-state index contributed by atoms with van der Waals surface area (Å²) >= 11 is 0. The molecule has 3 rings (SSSR count). The Morgan fingerprint density at radius 3 is 1.00 bits per heavy atom. The molecular formula is C35H45F3O2S. The molecule has 41 heavy (non-hydrogen) atoms. The number of carboxylic acids is 1. The van der Waals surface area contributed by atoms with Crippen LogP contribution in [0, 0.1) is 0 Å². The number of carbonyl (C=O) groups is 1. The number of hydrogen-bond acceptors (Lipinski definition) is 2. The topological polar surface area (TPSA) is 40.1 Å². The number of rotatable bonds is 15. The first-order valence-corrected chi connectivity index (χ1v) is 16.2. The number of benzene rings is 3. The number of carboxylic acid groups (broad SMARTS) is 1. The SMILES string of the molecule is CCCCCc1ccc([S+](c2ccc(CCCCC)cc2)c2ccc(CCCCC)cc2)cc1.O=C([O-])C(F)(F)F. The lowest BCUT2D eigenvalue weighted by Gasteiger charge is -2.11. The summed E-state index contributed by atoms with van der Waals surface area (Å²) in [6, 6.07) is 28.5. The van der Waals surface area contributed by atoms with Crippen LogP contribution in [0.25, 0.3) is 0 Å². The number of alkyl halides is 3. The highest BCUT2D eigenvalue weighted by molar-refractivity contribution is 7.97. The molecule has 2 nitrogen and oxygen atoms in total. The maximum Gasteiger partial charge on any atom is 0.430 e. The normalized spacial score (nSPS) is 11.3. The van der Waals surface area contributed by atoms with Crippen LogP contribution in [0.1, 0.15) is 95.2 Å². The summed E-state index contributed by atoms with van der Waals surface area (Å²) in [7, 11) is -0.0614. The van der Waals surface area contributed by atoms with Crippen LogP contribution in [-0.2, 0) is 35.0 Å². The van der Waals surface area contributed by atoms with Crippen LogP contribution in [0.15, 0.2) is 87.5 Å². The molecule has 3 aromatic carbocycles. The zero-order valence-corrected chi connectivity index (χ0v) is 25.6. The van der Waals surface area contributed by atoms with Crippen molar-refractivity contribution in [3.05, 3.63) is 89.5 Å². The highest BCUT2D eigenvalue weighted by Gasteiger charge is 2.29. The minimum Gasteiger partial charge on any atom is -0.542 e. The van der Waals surface area contributed by atoms with E-state index in [4.69, 9.17) is 9.90 Å². The smallest absolute Gasteiger partial charge is 0.430 e. The summed E-state index contributed by atoms with van der Waals surface area (Å²) in [5, 5.41) is 8.78. The van der Waals surface area contributed by atoms with Gasteiger partial charge in [0.25, 0.3) is 0 Å². The summed E-state index contributed by atoms with van der Waals surface area (Å²) in [6.07, 6.45) is 10.1. The second-order valence-electron chi connectivity index (χ2n) is 10.4. The van der Waals surface area contributed by atoms with Crippen molar-refractivity contribution in [2.75, 3.05) is 0 Å². The molecule has 0 radical (unpaired) electrons. The summed E-state index contributed by atoms with van der Waals surface area (Å²) in [5.41, 5.74) is 4.41. The van der Waals surface area contributed by atoms with Crippen molar-refractivity contribution < 1.29 is 23.1 Å². The molecule has 0 saturated carbocycles. The molecule has 0 unspecified atom stereocenters. The van der Waals surface area contributed by atoms with E-state index in [1.165, 1.54) is 108 Å². The fourth-order valence-corrected chi connectivity index (χ4v) is 6.56. The fraction of sp³-hybridized carbons (Fsp3) is 0.457. The molecule has 0 aromatic heterocycles. The Balaban J connectivity index is 0.000000745. The molecule has 0 atom stereocenters. The molecule has 0 amide bonds. The Labute approximate surface area is 247 Å². The number of aryl methyl sites for hydroxylation is 3. The molecule has 224 valence electrons. The van der Waals surface area contributed by atoms with Gasteiger partial charge >= 0.3 is 6.18 Å². The van der Waals surface area contributed by atoms with E-state index in [0.29, 0.717) is 0 Å². The van der Waals surface area contributed by atoms with Gasteiger partial charge in [0.1, 0.15) is 5.97 Å². The van der Waals surface area contributed by atoms with Crippen LogP contribution in [0.2, 0.25) is 0 Å². The van der Waals surface area contributed by atoms with Gasteiger partial charge in [0.2, 0.25) is 0 Å². The number of unbranched alkanes of at least 4 members (excludes halogenated alkanes) is 6. The third kappa shape index (κ3) is 12.8. The van der Waals surface area contributed by atoms with Crippen LogP contribution in [0.3, 0.4) is 0 Å². The van der Waals surface area contributed by atoms with Gasteiger partial charge in [-0.25, -0.2) is 0 Å². The third-order valence-corrected chi connectivity index (χ3v) is 9.15. The van der Waals surface area contributed by atoms with Crippen LogP contribution < -0.4 is 5.11 Å². The fourth-order valence-electron chi connectivity index (χ4n) is 4.52. The second kappa shape index (κ2) is 18.7. The Hall–Kier alpha value is -2.73. The monoisotopic (exact) mass is 586 g/mol. The standard InChI is InChI=1S/C33H45S.C2HF3O2/c1-4-7-10-13-28-16-22-31(23-17-28)34(32-24-18-29(19-25-32)14-11-8-5-2)33-26-20-30(21-27-33)15-12-9-6-3;3-2(4,5)1(6)7/h16-27H,4-15H2,1-3H3;(H,6,7)/q+1;/p-1. The highest BCUT2D eigenvalue weighted by Crippen LogP contribution is 2.32. The van der Waals surface area contributed by atoms with Gasteiger partial charge in [-0.15, -0.1) is 0 Å². The molecular weight excluding hydrogens is 541 g/mol. The van der Waals surface area contributed by atoms with E-state index in [9.17, 15) is 13.2 Å². The van der Waals surface area contributed by atoms with Crippen LogP contribution in [-0.4, -0.2) is 12.1 Å². The predicted molar refractivity (Wildman–Crippen MR) is 162 cm³/mol. The Kier molecular flexibility index (Phi) is 15.7.